The second-order valence-electron chi connectivity index (χ2n) is 6.51. The van der Waals surface area contributed by atoms with E-state index in [0.29, 0.717) is 47.2 Å². The maximum Gasteiger partial charge on any atom is 0.310 e. The number of carbonyl (C=O) groups is 1. The molecule has 28 heavy (non-hydrogen) atoms. The van der Waals surface area contributed by atoms with Gasteiger partial charge < -0.3 is 15.8 Å². The number of nitrogens with zero attached hydrogens (tertiary/aromatic N) is 4. The van der Waals surface area contributed by atoms with Gasteiger partial charge in [-0.05, 0) is 44.5 Å². The molecule has 1 aromatic carbocycles. The third kappa shape index (κ3) is 5.43. The first-order chi connectivity index (χ1) is 13.4. The minimum atomic E-state index is -0.149. The Balaban J connectivity index is 1.69. The monoisotopic (exact) mass is 424 g/mol. The van der Waals surface area contributed by atoms with Crippen molar-refractivity contribution >= 4 is 46.8 Å². The molecule has 3 rings (SSSR count). The fourth-order valence-corrected chi connectivity index (χ4v) is 3.42. The fraction of sp³-hybridized carbons (Fsp3) is 0.444. The van der Waals surface area contributed by atoms with Crippen LogP contribution in [0.4, 0.5) is 17.6 Å². The van der Waals surface area contributed by atoms with Crippen molar-refractivity contribution in [1.29, 1.82) is 0 Å². The first kappa shape index (κ1) is 20.6. The molecular formula is C18H22Cl2N6O2. The van der Waals surface area contributed by atoms with E-state index in [1.54, 1.807) is 18.2 Å². The number of nitrogens with one attached hydrogen (secondary N) is 1. The topological polar surface area (TPSA) is 106 Å². The van der Waals surface area contributed by atoms with Crippen molar-refractivity contribution < 1.29 is 9.53 Å². The van der Waals surface area contributed by atoms with Crippen LogP contribution in [0.5, 0.6) is 0 Å². The Kier molecular flexibility index (Phi) is 6.88. The number of piperidine rings is 1. The summed E-state index contributed by atoms with van der Waals surface area (Å²) in [5.41, 5.74) is 6.53. The van der Waals surface area contributed by atoms with Gasteiger partial charge in [0.25, 0.3) is 0 Å². The van der Waals surface area contributed by atoms with Crippen molar-refractivity contribution in [1.82, 2.24) is 19.9 Å². The number of hydrogen-bond donors (Lipinski definition) is 2. The van der Waals surface area contributed by atoms with E-state index in [2.05, 4.69) is 25.2 Å². The maximum atomic E-state index is 12.0. The highest BCUT2D eigenvalue weighted by molar-refractivity contribution is 6.42. The van der Waals surface area contributed by atoms with Gasteiger partial charge in [0.1, 0.15) is 5.82 Å². The summed E-state index contributed by atoms with van der Waals surface area (Å²) in [6.45, 7) is 4.15. The Morgan fingerprint density at radius 1 is 1.32 bits per heavy atom. The van der Waals surface area contributed by atoms with E-state index in [4.69, 9.17) is 33.7 Å². The average molecular weight is 425 g/mol. The van der Waals surface area contributed by atoms with Gasteiger partial charge in [-0.1, -0.05) is 23.2 Å². The number of nitrogen functional groups attached to an aromatic ring is 1. The van der Waals surface area contributed by atoms with Gasteiger partial charge in [0, 0.05) is 12.2 Å². The van der Waals surface area contributed by atoms with E-state index in [-0.39, 0.29) is 17.8 Å². The Bertz CT molecular complexity index is 851. The van der Waals surface area contributed by atoms with Gasteiger partial charge in [-0.2, -0.15) is 15.0 Å². The predicted molar refractivity (Wildman–Crippen MR) is 109 cm³/mol. The molecule has 1 atom stereocenters. The highest BCUT2D eigenvalue weighted by atomic mass is 35.5. The molecule has 1 aromatic heterocycles. The summed E-state index contributed by atoms with van der Waals surface area (Å²) in [5.74, 6) is 0.692. The standard InChI is InChI=1S/C18H22Cl2N6O2/c1-2-28-16(27)11-4-3-7-26(9-11)10-15-23-17(21)25-18(24-15)22-12-5-6-13(19)14(20)8-12/h5-6,8,11H,2-4,7,9-10H2,1H3,(H3,21,22,23,24,25)/t11-/m0/s1. The molecule has 0 saturated carbocycles. The first-order valence-electron chi connectivity index (χ1n) is 9.06. The van der Waals surface area contributed by atoms with Crippen LogP contribution >= 0.6 is 23.2 Å². The Labute approximate surface area is 173 Å². The predicted octanol–water partition coefficient (Wildman–Crippen LogP) is 3.28. The van der Waals surface area contributed by atoms with Crippen molar-refractivity contribution in [3.8, 4) is 0 Å². The minimum absolute atomic E-state index is 0.117. The quantitative estimate of drug-likeness (QED) is 0.680. The first-order valence-corrected chi connectivity index (χ1v) is 9.81. The molecule has 1 aliphatic rings. The molecule has 1 aliphatic heterocycles. The number of nitrogens with two attached hydrogens (primary N) is 1. The third-order valence-corrected chi connectivity index (χ3v) is 5.10. The lowest BCUT2D eigenvalue weighted by Gasteiger charge is -2.30. The van der Waals surface area contributed by atoms with Crippen molar-refractivity contribution in [3.63, 3.8) is 0 Å². The van der Waals surface area contributed by atoms with Crippen LogP contribution in [0.1, 0.15) is 25.6 Å². The number of ether oxygens (including phenoxy) is 1. The highest BCUT2D eigenvalue weighted by Crippen LogP contribution is 2.26. The molecule has 1 fully saturated rings. The van der Waals surface area contributed by atoms with Gasteiger partial charge in [-0.25, -0.2) is 0 Å². The van der Waals surface area contributed by atoms with Gasteiger partial charge in [-0.3, -0.25) is 9.69 Å². The summed E-state index contributed by atoms with van der Waals surface area (Å²) in [6, 6.07) is 5.13. The molecule has 0 aliphatic carbocycles. The lowest BCUT2D eigenvalue weighted by Crippen LogP contribution is -2.39. The van der Waals surface area contributed by atoms with E-state index in [1.807, 2.05) is 6.92 Å². The summed E-state index contributed by atoms with van der Waals surface area (Å²) in [4.78, 5) is 26.9. The van der Waals surface area contributed by atoms with Crippen LogP contribution in [0.2, 0.25) is 10.0 Å². The molecule has 0 spiro atoms. The van der Waals surface area contributed by atoms with Crippen LogP contribution in [0.3, 0.4) is 0 Å². The summed E-state index contributed by atoms with van der Waals surface area (Å²) < 4.78 is 5.15. The highest BCUT2D eigenvalue weighted by Gasteiger charge is 2.27. The van der Waals surface area contributed by atoms with Crippen LogP contribution in [0.25, 0.3) is 0 Å². The zero-order valence-corrected chi connectivity index (χ0v) is 17.0. The number of benzene rings is 1. The zero-order valence-electron chi connectivity index (χ0n) is 15.5. The van der Waals surface area contributed by atoms with Gasteiger partial charge in [0.15, 0.2) is 0 Å². The second-order valence-corrected chi connectivity index (χ2v) is 7.33. The number of aromatic nitrogens is 3. The fourth-order valence-electron chi connectivity index (χ4n) is 3.12. The summed E-state index contributed by atoms with van der Waals surface area (Å²) in [7, 11) is 0. The number of esters is 1. The molecule has 0 bridgehead atoms. The third-order valence-electron chi connectivity index (χ3n) is 4.37. The number of rotatable bonds is 6. The Morgan fingerprint density at radius 2 is 2.14 bits per heavy atom. The number of anilines is 3. The molecule has 0 unspecified atom stereocenters. The van der Waals surface area contributed by atoms with Gasteiger partial charge >= 0.3 is 5.97 Å². The van der Waals surface area contributed by atoms with Crippen molar-refractivity contribution in [3.05, 3.63) is 34.1 Å². The van der Waals surface area contributed by atoms with Gasteiger partial charge in [-0.15, -0.1) is 0 Å². The van der Waals surface area contributed by atoms with E-state index < -0.39 is 0 Å². The summed E-state index contributed by atoms with van der Waals surface area (Å²) >= 11 is 12.0. The van der Waals surface area contributed by atoms with E-state index in [0.717, 1.165) is 19.4 Å². The molecular weight excluding hydrogens is 403 g/mol. The van der Waals surface area contributed by atoms with Crippen LogP contribution in [0, 0.1) is 5.92 Å². The van der Waals surface area contributed by atoms with E-state index in [9.17, 15) is 4.79 Å². The molecule has 150 valence electrons. The van der Waals surface area contributed by atoms with Crippen molar-refractivity contribution in [2.24, 2.45) is 5.92 Å². The van der Waals surface area contributed by atoms with Crippen LogP contribution in [-0.4, -0.2) is 45.5 Å². The number of hydrogen-bond acceptors (Lipinski definition) is 8. The molecule has 2 aromatic rings. The molecule has 0 radical (unpaired) electrons. The number of likely N-dealkylation sites (tertiary alicyclic amines) is 1. The molecule has 0 amide bonds. The van der Waals surface area contributed by atoms with Crippen LogP contribution in [-0.2, 0) is 16.1 Å². The molecule has 3 N–H and O–H groups in total. The van der Waals surface area contributed by atoms with Gasteiger partial charge in [0.05, 0.1) is 29.1 Å². The maximum absolute atomic E-state index is 12.0. The zero-order chi connectivity index (χ0) is 20.1. The summed E-state index contributed by atoms with van der Waals surface area (Å²) in [5, 5.41) is 3.94. The second kappa shape index (κ2) is 9.36. The normalized spacial score (nSPS) is 17.3. The van der Waals surface area contributed by atoms with Crippen LogP contribution < -0.4 is 11.1 Å². The SMILES string of the molecule is CCOC(=O)[C@H]1CCCN(Cc2nc(N)nc(Nc3ccc(Cl)c(Cl)c3)n2)C1. The molecule has 1 saturated heterocycles. The van der Waals surface area contributed by atoms with Crippen LogP contribution in [0.15, 0.2) is 18.2 Å². The molecule has 2 heterocycles. The number of carbonyl (C=O) groups excluding carboxylic acids is 1. The smallest absolute Gasteiger partial charge is 0.310 e. The van der Waals surface area contributed by atoms with E-state index >= 15 is 0 Å². The lowest BCUT2D eigenvalue weighted by atomic mass is 9.98. The Hall–Kier alpha value is -2.16. The molecule has 10 heteroatoms. The van der Waals surface area contributed by atoms with E-state index in [1.165, 1.54) is 0 Å². The van der Waals surface area contributed by atoms with Crippen molar-refractivity contribution in [2.45, 2.75) is 26.3 Å². The largest absolute Gasteiger partial charge is 0.466 e. The average Bonchev–Trinajstić information content (AvgIpc) is 2.65. The molecule has 8 nitrogen and oxygen atoms in total. The number of halogens is 2. The van der Waals surface area contributed by atoms with Gasteiger partial charge in [0.2, 0.25) is 11.9 Å². The van der Waals surface area contributed by atoms with Crippen molar-refractivity contribution in [2.75, 3.05) is 30.7 Å². The summed E-state index contributed by atoms with van der Waals surface area (Å²) in [6.07, 6.45) is 1.75. The Morgan fingerprint density at radius 3 is 2.89 bits per heavy atom. The minimum Gasteiger partial charge on any atom is -0.466 e. The lowest BCUT2D eigenvalue weighted by molar-refractivity contribution is -0.150.